The average Bonchev–Trinajstić information content (AvgIpc) is 2.53. The molecule has 0 spiro atoms. The fraction of sp³-hybridized carbons (Fsp3) is 0.667. The fourth-order valence-electron chi connectivity index (χ4n) is 2.17. The molecule has 1 aromatic rings. The summed E-state index contributed by atoms with van der Waals surface area (Å²) in [6, 6.07) is 2.69. The van der Waals surface area contributed by atoms with E-state index in [0.717, 1.165) is 0 Å². The average molecular weight is 488 g/mol. The number of hydrogen-bond acceptors (Lipinski definition) is 1. The number of rotatable bonds is 9. The Hall–Kier alpha value is 0.689. The van der Waals surface area contributed by atoms with Crippen molar-refractivity contribution in [1.29, 1.82) is 0 Å². The van der Waals surface area contributed by atoms with Gasteiger partial charge in [-0.05, 0) is 6.07 Å². The van der Waals surface area contributed by atoms with Crippen LogP contribution in [0.2, 0.25) is 28.4 Å². The molecule has 5 heteroatoms. The number of hydrogen-bond donors (Lipinski definition) is 1. The third-order valence-corrected chi connectivity index (χ3v) is 13.7. The van der Waals surface area contributed by atoms with Gasteiger partial charge in [0.2, 0.25) is 0 Å². The molecule has 0 heterocycles. The normalized spacial score (nSPS) is 10.6. The van der Waals surface area contributed by atoms with E-state index < -0.39 is 19.8 Å². The van der Waals surface area contributed by atoms with Crippen LogP contribution in [0, 0.1) is 0 Å². The van der Waals surface area contributed by atoms with Crippen molar-refractivity contribution in [3.05, 3.63) is 27.2 Å². The molecule has 23 heavy (non-hydrogen) atoms. The summed E-state index contributed by atoms with van der Waals surface area (Å²) in [5.74, 6) is -0.0592. The molecular formula is C18H30Cl3OSn-. The molecule has 0 aliphatic carbocycles. The van der Waals surface area contributed by atoms with Crippen LogP contribution in [-0.2, 0) is 0 Å². The van der Waals surface area contributed by atoms with Crippen molar-refractivity contribution in [2.75, 3.05) is 0 Å². The van der Waals surface area contributed by atoms with Crippen molar-refractivity contribution in [3.8, 4) is 5.75 Å². The summed E-state index contributed by atoms with van der Waals surface area (Å²) >= 11 is 15.7. The number of benzene rings is 1. The zero-order chi connectivity index (χ0) is 17.7. The van der Waals surface area contributed by atoms with E-state index in [1.807, 2.05) is 0 Å². The molecule has 0 fully saturated rings. The molecule has 0 saturated carbocycles. The predicted octanol–water partition coefficient (Wildman–Crippen LogP) is 8.23. The Morgan fingerprint density at radius 1 is 0.739 bits per heavy atom. The van der Waals surface area contributed by atoms with E-state index in [-0.39, 0.29) is 10.8 Å². The molecular weight excluding hydrogens is 457 g/mol. The van der Waals surface area contributed by atoms with Gasteiger partial charge < -0.3 is 5.11 Å². The summed E-state index contributed by atoms with van der Waals surface area (Å²) in [4.78, 5) is 0. The van der Waals surface area contributed by atoms with E-state index in [9.17, 15) is 0 Å². The van der Waals surface area contributed by atoms with Gasteiger partial charge in [-0.1, -0.05) is 34.8 Å². The SMILES string of the molecule is CCC[CH2][Sn-]([CH2]CCC)[CH2]CCC.Oc1cc(Cl)c(Cl)cc1Cl. The van der Waals surface area contributed by atoms with Gasteiger partial charge in [0.25, 0.3) is 0 Å². The van der Waals surface area contributed by atoms with E-state index in [1.165, 1.54) is 50.7 Å². The van der Waals surface area contributed by atoms with Crippen molar-refractivity contribution >= 4 is 54.6 Å². The molecule has 1 N–H and O–H groups in total. The molecule has 0 saturated heterocycles. The minimum atomic E-state index is -0.839. The van der Waals surface area contributed by atoms with Crippen LogP contribution >= 0.6 is 34.8 Å². The summed E-state index contributed by atoms with van der Waals surface area (Å²) < 4.78 is 5.04. The van der Waals surface area contributed by atoms with Crippen LogP contribution in [0.1, 0.15) is 59.3 Å². The zero-order valence-corrected chi connectivity index (χ0v) is 19.7. The summed E-state index contributed by atoms with van der Waals surface area (Å²) in [5.41, 5.74) is 0. The number of phenols is 1. The minimum Gasteiger partial charge on any atom is -0.506 e. The maximum Gasteiger partial charge on any atom is 0.135 e. The van der Waals surface area contributed by atoms with Crippen molar-refractivity contribution < 1.29 is 5.11 Å². The van der Waals surface area contributed by atoms with Crippen molar-refractivity contribution in [1.82, 2.24) is 0 Å². The predicted molar refractivity (Wildman–Crippen MR) is 108 cm³/mol. The van der Waals surface area contributed by atoms with Gasteiger partial charge in [-0.3, -0.25) is 0 Å². The van der Waals surface area contributed by atoms with Crippen molar-refractivity contribution in [3.63, 3.8) is 0 Å². The topological polar surface area (TPSA) is 20.2 Å². The van der Waals surface area contributed by atoms with Gasteiger partial charge in [-0.2, -0.15) is 0 Å². The summed E-state index contributed by atoms with van der Waals surface area (Å²) in [5, 5.41) is 9.79. The quantitative estimate of drug-likeness (QED) is 0.275. The molecule has 0 aromatic heterocycles. The standard InChI is InChI=1S/C6H3Cl3O.3C4H9.Sn/c7-3-1-5(9)6(10)2-4(3)8;3*1-3-4-2;/h1-2,10H;3*1,3-4H2,2H3;/q;;;;-1. The molecule has 0 radical (unpaired) electrons. The minimum absolute atomic E-state index is 0.0592. The molecule has 1 nitrogen and oxygen atoms in total. The zero-order valence-electron chi connectivity index (χ0n) is 14.6. The first kappa shape index (κ1) is 23.7. The largest absolute Gasteiger partial charge is 0.506 e. The van der Waals surface area contributed by atoms with E-state index in [0.29, 0.717) is 10.0 Å². The Morgan fingerprint density at radius 2 is 1.13 bits per heavy atom. The van der Waals surface area contributed by atoms with E-state index in [1.54, 1.807) is 13.3 Å². The first-order valence-electron chi connectivity index (χ1n) is 8.63. The van der Waals surface area contributed by atoms with Gasteiger partial charge in [0, 0.05) is 6.07 Å². The van der Waals surface area contributed by atoms with E-state index in [2.05, 4.69) is 20.8 Å². The molecule has 134 valence electrons. The van der Waals surface area contributed by atoms with Crippen molar-refractivity contribution in [2.24, 2.45) is 0 Å². The van der Waals surface area contributed by atoms with E-state index >= 15 is 0 Å². The molecule has 0 unspecified atom stereocenters. The summed E-state index contributed by atoms with van der Waals surface area (Å²) in [6.07, 6.45) is 8.85. The molecule has 0 aliphatic rings. The number of halogens is 3. The first-order chi connectivity index (χ1) is 11.0. The maximum atomic E-state index is 8.95. The molecule has 0 atom stereocenters. The van der Waals surface area contributed by atoms with Gasteiger partial charge in [-0.25, -0.2) is 0 Å². The Balaban J connectivity index is 0.000000433. The van der Waals surface area contributed by atoms with Crippen molar-refractivity contribution in [2.45, 2.75) is 72.6 Å². The second kappa shape index (κ2) is 15.0. The Kier molecular flexibility index (Phi) is 15.4. The number of unbranched alkanes of at least 4 members (excludes halogenated alkanes) is 3. The van der Waals surface area contributed by atoms with Crippen LogP contribution in [0.3, 0.4) is 0 Å². The first-order valence-corrected chi connectivity index (χ1v) is 15.8. The van der Waals surface area contributed by atoms with Gasteiger partial charge in [0.1, 0.15) is 5.75 Å². The van der Waals surface area contributed by atoms with E-state index in [4.69, 9.17) is 39.9 Å². The Labute approximate surface area is 164 Å². The summed E-state index contributed by atoms with van der Waals surface area (Å²) in [6.45, 7) is 7.00. The Bertz CT molecular complexity index is 358. The molecule has 1 rings (SSSR count). The van der Waals surface area contributed by atoms with Gasteiger partial charge in [-0.15, -0.1) is 0 Å². The monoisotopic (exact) mass is 487 g/mol. The van der Waals surface area contributed by atoms with Gasteiger partial charge in [0.15, 0.2) is 0 Å². The van der Waals surface area contributed by atoms with Crippen LogP contribution in [0.25, 0.3) is 0 Å². The molecule has 0 amide bonds. The smallest absolute Gasteiger partial charge is 0.135 e. The van der Waals surface area contributed by atoms with Crippen LogP contribution in [-0.4, -0.2) is 24.9 Å². The number of aromatic hydroxyl groups is 1. The maximum absolute atomic E-state index is 8.95. The number of phenolic OH excluding ortho intramolecular Hbond substituents is 1. The van der Waals surface area contributed by atoms with Crippen LogP contribution < -0.4 is 0 Å². The summed E-state index contributed by atoms with van der Waals surface area (Å²) in [7, 11) is 0. The second-order valence-corrected chi connectivity index (χ2v) is 15.6. The molecule has 0 aliphatic heterocycles. The van der Waals surface area contributed by atoms with Crippen LogP contribution in [0.4, 0.5) is 0 Å². The third-order valence-electron chi connectivity index (χ3n) is 3.64. The Morgan fingerprint density at radius 3 is 1.48 bits per heavy atom. The second-order valence-electron chi connectivity index (χ2n) is 5.78. The van der Waals surface area contributed by atoms with Gasteiger partial charge in [0.05, 0.1) is 15.1 Å². The molecule has 1 aromatic carbocycles. The van der Waals surface area contributed by atoms with Crippen LogP contribution in [0.5, 0.6) is 5.75 Å². The van der Waals surface area contributed by atoms with Gasteiger partial charge >= 0.3 is 92.4 Å². The molecule has 0 bridgehead atoms. The fourth-order valence-corrected chi connectivity index (χ4v) is 12.2. The third kappa shape index (κ3) is 11.8. The van der Waals surface area contributed by atoms with Crippen LogP contribution in [0.15, 0.2) is 12.1 Å².